The summed E-state index contributed by atoms with van der Waals surface area (Å²) < 4.78 is 0. The summed E-state index contributed by atoms with van der Waals surface area (Å²) in [6.45, 7) is 11.0. The highest BCUT2D eigenvalue weighted by Crippen LogP contribution is 2.26. The van der Waals surface area contributed by atoms with Crippen molar-refractivity contribution in [2.24, 2.45) is 5.92 Å². The van der Waals surface area contributed by atoms with Gasteiger partial charge < -0.3 is 14.9 Å². The first-order valence-corrected chi connectivity index (χ1v) is 9.74. The fourth-order valence-corrected chi connectivity index (χ4v) is 3.55. The minimum atomic E-state index is -0.718. The molecule has 1 saturated heterocycles. The molecule has 0 aliphatic carbocycles. The second kappa shape index (κ2) is 8.01. The van der Waals surface area contributed by atoms with Gasteiger partial charge in [0.2, 0.25) is 5.91 Å². The van der Waals surface area contributed by atoms with Crippen molar-refractivity contribution in [1.29, 1.82) is 0 Å². The van der Waals surface area contributed by atoms with Gasteiger partial charge in [0.15, 0.2) is 0 Å². The van der Waals surface area contributed by atoms with Crippen LogP contribution in [0.5, 0.6) is 0 Å². The smallest absolute Gasteiger partial charge is 0.253 e. The third kappa shape index (κ3) is 6.06. The molecule has 1 aromatic carbocycles. The lowest BCUT2D eigenvalue weighted by Gasteiger charge is -2.32. The van der Waals surface area contributed by atoms with Crippen LogP contribution in [0.1, 0.15) is 63.4 Å². The van der Waals surface area contributed by atoms with Gasteiger partial charge in [0, 0.05) is 43.6 Å². The predicted molar refractivity (Wildman–Crippen MR) is 108 cm³/mol. The van der Waals surface area contributed by atoms with Crippen LogP contribution in [-0.2, 0) is 11.2 Å². The Kier molecular flexibility index (Phi) is 6.35. The van der Waals surface area contributed by atoms with Gasteiger partial charge in [-0.3, -0.25) is 9.59 Å². The van der Waals surface area contributed by atoms with Crippen LogP contribution in [0, 0.1) is 5.92 Å². The van der Waals surface area contributed by atoms with Crippen LogP contribution < -0.4 is 0 Å². The highest BCUT2D eigenvalue weighted by atomic mass is 16.3. The molecule has 1 atom stereocenters. The van der Waals surface area contributed by atoms with E-state index in [-0.39, 0.29) is 23.3 Å². The molecule has 0 saturated carbocycles. The van der Waals surface area contributed by atoms with E-state index in [1.807, 2.05) is 49.9 Å². The number of rotatable bonds is 6. The van der Waals surface area contributed by atoms with Gasteiger partial charge in [-0.1, -0.05) is 12.1 Å². The zero-order valence-electron chi connectivity index (χ0n) is 17.6. The molecule has 0 unspecified atom stereocenters. The summed E-state index contributed by atoms with van der Waals surface area (Å²) in [4.78, 5) is 28.7. The van der Waals surface area contributed by atoms with E-state index in [1.165, 1.54) is 0 Å². The molecule has 27 heavy (non-hydrogen) atoms. The molecule has 0 radical (unpaired) electrons. The van der Waals surface area contributed by atoms with Gasteiger partial charge in [-0.05, 0) is 65.2 Å². The fraction of sp³-hybridized carbons (Fsp3) is 0.636. The van der Waals surface area contributed by atoms with Gasteiger partial charge in [0.1, 0.15) is 0 Å². The minimum Gasteiger partial charge on any atom is -0.390 e. The lowest BCUT2D eigenvalue weighted by molar-refractivity contribution is -0.131. The molecule has 0 aromatic heterocycles. The van der Waals surface area contributed by atoms with Crippen LogP contribution in [0.15, 0.2) is 24.3 Å². The Labute approximate surface area is 163 Å². The first-order chi connectivity index (χ1) is 12.4. The van der Waals surface area contributed by atoms with Crippen molar-refractivity contribution in [2.75, 3.05) is 20.1 Å². The van der Waals surface area contributed by atoms with Gasteiger partial charge in [-0.25, -0.2) is 0 Å². The number of hydrogen-bond acceptors (Lipinski definition) is 3. The maximum absolute atomic E-state index is 12.8. The SMILES string of the molecule is CN(C[C@@H]1CC(=O)N(C(C)(C)C)C1)C(=O)c1cccc(CCC(C)(C)O)c1. The molecule has 2 amide bonds. The zero-order chi connectivity index (χ0) is 20.4. The van der Waals surface area contributed by atoms with Crippen molar-refractivity contribution >= 4 is 11.8 Å². The monoisotopic (exact) mass is 374 g/mol. The molecule has 5 heteroatoms. The van der Waals surface area contributed by atoms with E-state index < -0.39 is 5.60 Å². The summed E-state index contributed by atoms with van der Waals surface area (Å²) in [5.41, 5.74) is 0.808. The van der Waals surface area contributed by atoms with Crippen molar-refractivity contribution in [3.63, 3.8) is 0 Å². The third-order valence-electron chi connectivity index (χ3n) is 5.09. The molecule has 1 aromatic rings. The van der Waals surface area contributed by atoms with Crippen LogP contribution in [0.2, 0.25) is 0 Å². The highest BCUT2D eigenvalue weighted by Gasteiger charge is 2.36. The van der Waals surface area contributed by atoms with Crippen LogP contribution >= 0.6 is 0 Å². The largest absolute Gasteiger partial charge is 0.390 e. The zero-order valence-corrected chi connectivity index (χ0v) is 17.6. The number of likely N-dealkylation sites (tertiary alicyclic amines) is 1. The van der Waals surface area contributed by atoms with E-state index in [0.717, 1.165) is 12.0 Å². The Hall–Kier alpha value is -1.88. The van der Waals surface area contributed by atoms with Gasteiger partial charge in [0.05, 0.1) is 5.60 Å². The summed E-state index contributed by atoms with van der Waals surface area (Å²) in [6, 6.07) is 7.61. The summed E-state index contributed by atoms with van der Waals surface area (Å²) in [7, 11) is 1.80. The Morgan fingerprint density at radius 1 is 1.26 bits per heavy atom. The van der Waals surface area contributed by atoms with Gasteiger partial charge >= 0.3 is 0 Å². The maximum Gasteiger partial charge on any atom is 0.253 e. The van der Waals surface area contributed by atoms with E-state index in [2.05, 4.69) is 0 Å². The van der Waals surface area contributed by atoms with Crippen LogP contribution in [0.3, 0.4) is 0 Å². The molecule has 5 nitrogen and oxygen atoms in total. The standard InChI is InChI=1S/C22H34N2O3/c1-21(2,3)24-15-17(13-19(24)25)14-23(6)20(26)18-9-7-8-16(12-18)10-11-22(4,5)27/h7-9,12,17,27H,10-11,13-15H2,1-6H3/t17-/m0/s1. The van der Waals surface area contributed by atoms with E-state index in [0.29, 0.717) is 31.5 Å². The molecule has 150 valence electrons. The van der Waals surface area contributed by atoms with Crippen LogP contribution in [-0.4, -0.2) is 58.0 Å². The van der Waals surface area contributed by atoms with E-state index in [9.17, 15) is 14.7 Å². The van der Waals surface area contributed by atoms with Gasteiger partial charge in [-0.2, -0.15) is 0 Å². The number of carbonyl (C=O) groups excluding carboxylic acids is 2. The fourth-order valence-electron chi connectivity index (χ4n) is 3.55. The molecule has 1 aliphatic rings. The number of amides is 2. The average molecular weight is 375 g/mol. The topological polar surface area (TPSA) is 60.9 Å². The number of hydrogen-bond donors (Lipinski definition) is 1. The maximum atomic E-state index is 12.8. The summed E-state index contributed by atoms with van der Waals surface area (Å²) in [5, 5.41) is 9.90. The van der Waals surface area contributed by atoms with Crippen molar-refractivity contribution in [1.82, 2.24) is 9.80 Å². The molecular weight excluding hydrogens is 340 g/mol. The highest BCUT2D eigenvalue weighted by molar-refractivity contribution is 5.94. The molecule has 1 aliphatic heterocycles. The Morgan fingerprint density at radius 3 is 2.48 bits per heavy atom. The van der Waals surface area contributed by atoms with Crippen LogP contribution in [0.25, 0.3) is 0 Å². The summed E-state index contributed by atoms with van der Waals surface area (Å²) >= 11 is 0. The predicted octanol–water partition coefficient (Wildman–Crippen LogP) is 3.11. The Bertz CT molecular complexity index is 686. The molecule has 1 fully saturated rings. The number of nitrogens with zero attached hydrogens (tertiary/aromatic N) is 2. The second-order valence-electron chi connectivity index (χ2n) is 9.44. The third-order valence-corrected chi connectivity index (χ3v) is 5.09. The van der Waals surface area contributed by atoms with E-state index >= 15 is 0 Å². The number of benzene rings is 1. The first-order valence-electron chi connectivity index (χ1n) is 9.74. The van der Waals surface area contributed by atoms with Gasteiger partial charge in [0.25, 0.3) is 5.91 Å². The number of aryl methyl sites for hydroxylation is 1. The van der Waals surface area contributed by atoms with Crippen molar-refractivity contribution in [3.8, 4) is 0 Å². The summed E-state index contributed by atoms with van der Waals surface area (Å²) in [5.74, 6) is 0.313. The molecule has 1 N–H and O–H groups in total. The molecule has 2 rings (SSSR count). The van der Waals surface area contributed by atoms with Gasteiger partial charge in [-0.15, -0.1) is 0 Å². The molecular formula is C22H34N2O3. The second-order valence-corrected chi connectivity index (χ2v) is 9.44. The molecule has 0 spiro atoms. The van der Waals surface area contributed by atoms with Crippen LogP contribution in [0.4, 0.5) is 0 Å². The quantitative estimate of drug-likeness (QED) is 0.832. The number of carbonyl (C=O) groups is 2. The lowest BCUT2D eigenvalue weighted by Crippen LogP contribution is -2.43. The summed E-state index contributed by atoms with van der Waals surface area (Å²) in [6.07, 6.45) is 1.87. The molecule has 1 heterocycles. The van der Waals surface area contributed by atoms with E-state index in [1.54, 1.807) is 25.8 Å². The Balaban J connectivity index is 1.98. The van der Waals surface area contributed by atoms with E-state index in [4.69, 9.17) is 0 Å². The minimum absolute atomic E-state index is 0.0261. The molecule has 0 bridgehead atoms. The van der Waals surface area contributed by atoms with Crippen molar-refractivity contribution < 1.29 is 14.7 Å². The number of aliphatic hydroxyl groups is 1. The van der Waals surface area contributed by atoms with Crippen molar-refractivity contribution in [3.05, 3.63) is 35.4 Å². The first kappa shape index (κ1) is 21.4. The Morgan fingerprint density at radius 2 is 1.93 bits per heavy atom. The lowest BCUT2D eigenvalue weighted by atomic mass is 9.97. The average Bonchev–Trinajstić information content (AvgIpc) is 2.92. The van der Waals surface area contributed by atoms with Crippen molar-refractivity contribution in [2.45, 2.75) is 65.0 Å². The normalized spacial score (nSPS) is 18.1.